The van der Waals surface area contributed by atoms with Crippen molar-refractivity contribution in [3.05, 3.63) is 155 Å². The first kappa shape index (κ1) is 169. The van der Waals surface area contributed by atoms with Gasteiger partial charge in [-0.2, -0.15) is 0 Å². The van der Waals surface area contributed by atoms with Crippen LogP contribution in [-0.4, -0.2) is 0 Å². The maximum absolute atomic E-state index is 5.12. The predicted molar refractivity (Wildman–Crippen MR) is 676 cm³/mol. The molecule has 13 aliphatic carbocycles. The normalized spacial score (nSPS) is 15.7. The van der Waals surface area contributed by atoms with Crippen molar-refractivity contribution in [3.8, 4) is 0 Å². The van der Waals surface area contributed by atoms with E-state index < -0.39 is 0 Å². The first-order valence-corrected chi connectivity index (χ1v) is 62.1. The van der Waals surface area contributed by atoms with Crippen LogP contribution in [0.1, 0.15) is 614 Å². The van der Waals surface area contributed by atoms with Crippen LogP contribution in [0.3, 0.4) is 0 Å². The Morgan fingerprint density at radius 3 is 0.629 bits per heavy atom. The molecule has 0 radical (unpaired) electrons. The number of benzene rings is 4. The summed E-state index contributed by atoms with van der Waals surface area (Å²) < 4.78 is 6.49. The van der Waals surface area contributed by atoms with E-state index in [1.54, 1.807) is 81.8 Å². The van der Waals surface area contributed by atoms with Crippen molar-refractivity contribution in [1.29, 1.82) is 0 Å². The quantitative estimate of drug-likeness (QED) is 0.150. The molecule has 838 valence electrons. The van der Waals surface area contributed by atoms with E-state index in [4.69, 9.17) is 4.42 Å². The highest BCUT2D eigenvalue weighted by atomic mass is 32.1. The molecule has 140 heavy (non-hydrogen) atoms. The lowest BCUT2D eigenvalue weighted by atomic mass is 9.65. The molecular formula is C138H274OS. The first-order chi connectivity index (χ1) is 66.9. The molecule has 0 aliphatic heterocycles. The van der Waals surface area contributed by atoms with Crippen LogP contribution < -0.4 is 0 Å². The van der Waals surface area contributed by atoms with Crippen LogP contribution in [0, 0.1) is 94.7 Å². The summed E-state index contributed by atoms with van der Waals surface area (Å²) in [6.07, 6.45) is 64.4. The van der Waals surface area contributed by atoms with E-state index in [1.165, 1.54) is 198 Å². The minimum Gasteiger partial charge on any atom is -0.464 e. The number of allylic oxidation sites excluding steroid dienone is 2. The van der Waals surface area contributed by atoms with Gasteiger partial charge in [-0.1, -0.05) is 676 Å². The summed E-state index contributed by atoms with van der Waals surface area (Å²) in [6, 6.07) is 37.4. The molecular weight excluding hydrogens is 1710 g/mol. The number of para-hydroxylation sites is 1. The molecule has 6 aromatic rings. The fourth-order valence-electron chi connectivity index (χ4n) is 12.5. The number of thiophene rings is 1. The summed E-state index contributed by atoms with van der Waals surface area (Å²) in [6.45, 7) is 114. The van der Waals surface area contributed by atoms with Crippen molar-refractivity contribution in [2.45, 2.75) is 605 Å². The summed E-state index contributed by atoms with van der Waals surface area (Å²) in [5.74, 6) is 15.1. The van der Waals surface area contributed by atoms with Gasteiger partial charge in [0.05, 0.1) is 6.26 Å². The highest BCUT2D eigenvalue weighted by molar-refractivity contribution is 7.17. The van der Waals surface area contributed by atoms with E-state index >= 15 is 0 Å². The molecule has 0 saturated heterocycles. The number of hydrogen-bond acceptors (Lipinski definition) is 2. The van der Waals surface area contributed by atoms with Crippen LogP contribution in [0.15, 0.2) is 137 Å². The molecule has 2 heteroatoms. The zero-order chi connectivity index (χ0) is 112. The van der Waals surface area contributed by atoms with Gasteiger partial charge in [-0.3, -0.25) is 0 Å². The molecule has 0 amide bonds. The third-order valence-electron chi connectivity index (χ3n) is 18.4. The van der Waals surface area contributed by atoms with Crippen LogP contribution >= 0.6 is 11.3 Å². The van der Waals surface area contributed by atoms with Gasteiger partial charge in [0.1, 0.15) is 5.58 Å². The summed E-state index contributed by atoms with van der Waals surface area (Å²) >= 11 is 1.79. The van der Waals surface area contributed by atoms with Gasteiger partial charge in [-0.05, 0) is 190 Å². The van der Waals surface area contributed by atoms with Gasteiger partial charge >= 0.3 is 0 Å². The number of rotatable bonds is 1. The molecule has 0 N–H and O–H groups in total. The number of hydrogen-bond donors (Lipinski definition) is 0. The van der Waals surface area contributed by atoms with Crippen molar-refractivity contribution in [2.24, 2.45) is 94.7 Å². The second-order valence-electron chi connectivity index (χ2n) is 42.5. The fraction of sp³-hybridized carbons (Fsp3) is 0.768. The average Bonchev–Trinajstić information content (AvgIpc) is 1.05. The molecule has 0 unspecified atom stereocenters. The zero-order valence-electron chi connectivity index (χ0n) is 107. The Morgan fingerprint density at radius 1 is 0.221 bits per heavy atom. The number of furan rings is 1. The largest absolute Gasteiger partial charge is 0.464 e. The van der Waals surface area contributed by atoms with E-state index in [9.17, 15) is 0 Å². The SMILES string of the molecule is C1=Cc2ccccc2C1.C1=Cc2ccccc2C1.C1CC2CC(C1)C2.C1CC2CCC1CC2.C1CCC1.C1CCCC1.C1CCCC1.C1CCCCCC1.CC.CC.CC.CC.CC.CC.CC.CC.CC.CC.CC.CC(C)C.CC(C)C.CC(C)C.CC(C)C.CC(C)C.CC(C)C.CC(C)C.CC(C)C.CC(C)C.CC(C)C.CC(C)C1CC1.c1ccc2occc2c1.c1ccc2sccc2c1. The highest BCUT2D eigenvalue weighted by Crippen LogP contribution is 2.45. The maximum Gasteiger partial charge on any atom is 0.133 e. The molecule has 13 aliphatic rings. The van der Waals surface area contributed by atoms with Gasteiger partial charge in [-0.15, -0.1) is 11.3 Å². The minimum atomic E-state index is 0.833. The van der Waals surface area contributed by atoms with Gasteiger partial charge in [0.25, 0.3) is 0 Å². The van der Waals surface area contributed by atoms with Crippen LogP contribution in [0.4, 0.5) is 0 Å². The summed E-state index contributed by atoms with van der Waals surface area (Å²) in [5.41, 5.74) is 6.64. The Kier molecular flexibility index (Phi) is 173. The van der Waals surface area contributed by atoms with Gasteiger partial charge in [0.2, 0.25) is 0 Å². The van der Waals surface area contributed by atoms with Crippen molar-refractivity contribution in [2.75, 3.05) is 0 Å². The van der Waals surface area contributed by atoms with Crippen molar-refractivity contribution in [3.63, 3.8) is 0 Å². The summed E-state index contributed by atoms with van der Waals surface area (Å²) in [7, 11) is 0. The second-order valence-corrected chi connectivity index (χ2v) is 43.4. The average molecular weight is 1980 g/mol. The third-order valence-corrected chi connectivity index (χ3v) is 19.3. The maximum atomic E-state index is 5.12. The number of fused-ring (bicyclic) bond motifs is 9. The molecule has 4 aromatic carbocycles. The predicted octanol–water partition coefficient (Wildman–Crippen LogP) is 52.8. The molecule has 0 spiro atoms. The lowest BCUT2D eigenvalue weighted by molar-refractivity contribution is 0.116. The third kappa shape index (κ3) is 162. The Morgan fingerprint density at radius 2 is 0.443 bits per heavy atom. The van der Waals surface area contributed by atoms with Crippen LogP contribution in [0.25, 0.3) is 33.2 Å². The Hall–Kier alpha value is -4.14. The lowest BCUT2D eigenvalue weighted by Crippen LogP contribution is -2.28. The van der Waals surface area contributed by atoms with E-state index in [1.807, 2.05) is 183 Å². The Labute approximate surface area is 897 Å². The van der Waals surface area contributed by atoms with E-state index in [0.717, 1.165) is 107 Å². The summed E-state index contributed by atoms with van der Waals surface area (Å²) in [4.78, 5) is 0. The lowest BCUT2D eigenvalue weighted by Gasteiger charge is -2.40. The molecule has 19 rings (SSSR count). The second kappa shape index (κ2) is 143. The minimum absolute atomic E-state index is 0.833. The molecule has 0 atom stereocenters. The smallest absolute Gasteiger partial charge is 0.133 e. The highest BCUT2D eigenvalue weighted by Gasteiger charge is 2.32. The molecule has 11 fully saturated rings. The Bertz CT molecular complexity index is 2590. The topological polar surface area (TPSA) is 13.1 Å². The van der Waals surface area contributed by atoms with Crippen LogP contribution in [-0.2, 0) is 12.8 Å². The zero-order valence-corrected chi connectivity index (χ0v) is 108. The molecule has 11 saturated carbocycles. The van der Waals surface area contributed by atoms with Gasteiger partial charge < -0.3 is 4.42 Å². The summed E-state index contributed by atoms with van der Waals surface area (Å²) in [5, 5.41) is 4.63. The monoisotopic (exact) mass is 1980 g/mol. The molecule has 2 heterocycles. The van der Waals surface area contributed by atoms with Crippen molar-refractivity contribution >= 4 is 44.5 Å². The van der Waals surface area contributed by atoms with Gasteiger partial charge in [0, 0.05) is 10.1 Å². The Balaban J connectivity index is -0.0000000899. The molecule has 2 aromatic heterocycles. The van der Waals surface area contributed by atoms with Gasteiger partial charge in [0.15, 0.2) is 0 Å². The van der Waals surface area contributed by atoms with Crippen LogP contribution in [0.5, 0.6) is 0 Å². The molecule has 4 bridgehead atoms. The van der Waals surface area contributed by atoms with Crippen LogP contribution in [0.2, 0.25) is 0 Å². The van der Waals surface area contributed by atoms with E-state index in [2.05, 4.69) is 330 Å². The fourth-order valence-corrected chi connectivity index (χ4v) is 13.3. The van der Waals surface area contributed by atoms with Gasteiger partial charge in [-0.25, -0.2) is 0 Å². The van der Waals surface area contributed by atoms with E-state index in [-0.39, 0.29) is 0 Å². The molecule has 1 nitrogen and oxygen atoms in total. The standard InChI is InChI=1S/2C9H8.C8H6O.C8H6S.C8H14.C7H12.C7H14.C6H12.2C5H10.C4H8.10C4H10.11C2H6/c2*1-2-5-9-7-3-6-8(9)4-1;2*1-2-4-8-7(3-1)5-6-9-8;1-2-8-5-3-7(1)4-6-8;1-2-6-4-7(3-1)5-6;1-2-4-6-7-5-3-1;1-5(2)6-3-4-6;2*1-2-4-5-3-1;1-2-4-3-1;10*1-4(2)3;11*1-2/h2*1-6H,7H2;2*1-6H;7-8H,1-6H2;6-7H,1-5H2;1-7H2;5-6H,3-4H2,1-2H3;2*1-5H2;1-4H2;10*4H,1-3H3;11*1-2H3. The first-order valence-electron chi connectivity index (χ1n) is 61.2. The van der Waals surface area contributed by atoms with Crippen molar-refractivity contribution in [1.82, 2.24) is 0 Å². The van der Waals surface area contributed by atoms with Crippen molar-refractivity contribution < 1.29 is 4.42 Å². The van der Waals surface area contributed by atoms with E-state index in [0.29, 0.717) is 0 Å².